The van der Waals surface area contributed by atoms with Crippen molar-refractivity contribution < 1.29 is 14.7 Å². The number of amides is 2. The minimum atomic E-state index is -0.696. The molecule has 5 nitrogen and oxygen atoms in total. The average Bonchev–Trinajstić information content (AvgIpc) is 2.35. The summed E-state index contributed by atoms with van der Waals surface area (Å²) in [6.45, 7) is 0. The first-order valence-electron chi connectivity index (χ1n) is 8.93. The Kier molecular flexibility index (Phi) is 4.89. The van der Waals surface area contributed by atoms with Crippen molar-refractivity contribution in [1.82, 2.24) is 10.6 Å². The summed E-state index contributed by atoms with van der Waals surface area (Å²) in [5.74, 6) is 0.439. The van der Waals surface area contributed by atoms with Crippen LogP contribution in [-0.2, 0) is 4.79 Å². The van der Waals surface area contributed by atoms with Gasteiger partial charge in [-0.1, -0.05) is 12.8 Å². The largest absolute Gasteiger partial charge is 0.481 e. The van der Waals surface area contributed by atoms with Crippen molar-refractivity contribution >= 4 is 12.0 Å². The molecule has 2 amide bonds. The van der Waals surface area contributed by atoms with E-state index in [0.29, 0.717) is 30.7 Å². The number of nitrogens with one attached hydrogen (secondary N) is 2. The van der Waals surface area contributed by atoms with Gasteiger partial charge in [0.2, 0.25) is 0 Å². The second-order valence-corrected chi connectivity index (χ2v) is 7.41. The SMILES string of the molecule is O=C(NC1CCC(C(=O)O)CC1)NC(C1CCC1)C1CCC1. The molecule has 0 saturated heterocycles. The molecule has 0 heterocycles. The number of hydrogen-bond acceptors (Lipinski definition) is 2. The van der Waals surface area contributed by atoms with Crippen molar-refractivity contribution in [1.29, 1.82) is 0 Å². The summed E-state index contributed by atoms with van der Waals surface area (Å²) in [5.41, 5.74) is 0. The van der Waals surface area contributed by atoms with Gasteiger partial charge in [0.15, 0.2) is 0 Å². The highest BCUT2D eigenvalue weighted by Crippen LogP contribution is 2.40. The van der Waals surface area contributed by atoms with Crippen LogP contribution >= 0.6 is 0 Å². The fraction of sp³-hybridized carbons (Fsp3) is 0.882. The second kappa shape index (κ2) is 6.88. The maximum Gasteiger partial charge on any atom is 0.315 e. The van der Waals surface area contributed by atoms with Crippen LogP contribution in [0.15, 0.2) is 0 Å². The molecule has 0 atom stereocenters. The smallest absolute Gasteiger partial charge is 0.315 e. The van der Waals surface area contributed by atoms with E-state index in [4.69, 9.17) is 5.11 Å². The maximum absolute atomic E-state index is 12.3. The molecule has 0 aliphatic heterocycles. The third-order valence-electron chi connectivity index (χ3n) is 6.02. The molecule has 5 heteroatoms. The van der Waals surface area contributed by atoms with Gasteiger partial charge in [-0.2, -0.15) is 0 Å². The molecule has 0 aromatic heterocycles. The minimum absolute atomic E-state index is 0.0393. The second-order valence-electron chi connectivity index (χ2n) is 7.41. The van der Waals surface area contributed by atoms with E-state index in [1.807, 2.05) is 0 Å². The normalized spacial score (nSPS) is 29.5. The third-order valence-corrected chi connectivity index (χ3v) is 6.02. The Hall–Kier alpha value is -1.26. The van der Waals surface area contributed by atoms with Crippen LogP contribution in [0.3, 0.4) is 0 Å². The average molecular weight is 308 g/mol. The highest BCUT2D eigenvalue weighted by Gasteiger charge is 2.37. The first kappa shape index (κ1) is 15.6. The standard InChI is InChI=1S/C17H28N2O3/c20-16(21)13-7-9-14(10-8-13)18-17(22)19-15(11-3-1-4-11)12-5-2-6-12/h11-15H,1-10H2,(H,20,21)(H2,18,19,22). The van der Waals surface area contributed by atoms with Crippen molar-refractivity contribution in [3.63, 3.8) is 0 Å². The summed E-state index contributed by atoms with van der Waals surface area (Å²) in [4.78, 5) is 23.2. The molecule has 3 saturated carbocycles. The zero-order chi connectivity index (χ0) is 15.5. The zero-order valence-corrected chi connectivity index (χ0v) is 13.2. The monoisotopic (exact) mass is 308 g/mol. The molecule has 0 radical (unpaired) electrons. The molecule has 0 aromatic carbocycles. The van der Waals surface area contributed by atoms with Crippen molar-refractivity contribution in [2.75, 3.05) is 0 Å². The third kappa shape index (κ3) is 3.55. The fourth-order valence-electron chi connectivity index (χ4n) is 4.08. The molecular weight excluding hydrogens is 280 g/mol. The Morgan fingerprint density at radius 1 is 0.864 bits per heavy atom. The van der Waals surface area contributed by atoms with Gasteiger partial charge in [0.1, 0.15) is 0 Å². The van der Waals surface area contributed by atoms with Crippen LogP contribution in [0.5, 0.6) is 0 Å². The van der Waals surface area contributed by atoms with E-state index >= 15 is 0 Å². The predicted octanol–water partition coefficient (Wildman–Crippen LogP) is 2.90. The van der Waals surface area contributed by atoms with Crippen LogP contribution in [0.25, 0.3) is 0 Å². The maximum atomic E-state index is 12.3. The summed E-state index contributed by atoms with van der Waals surface area (Å²) in [5, 5.41) is 15.3. The van der Waals surface area contributed by atoms with E-state index in [2.05, 4.69) is 10.6 Å². The van der Waals surface area contributed by atoms with Gasteiger partial charge in [-0.3, -0.25) is 4.79 Å². The topological polar surface area (TPSA) is 78.4 Å². The molecule has 0 spiro atoms. The molecule has 22 heavy (non-hydrogen) atoms. The van der Waals surface area contributed by atoms with Gasteiger partial charge < -0.3 is 15.7 Å². The number of aliphatic carboxylic acids is 1. The number of rotatable bonds is 5. The van der Waals surface area contributed by atoms with Crippen LogP contribution in [-0.4, -0.2) is 29.2 Å². The van der Waals surface area contributed by atoms with Crippen LogP contribution in [0.4, 0.5) is 4.79 Å². The summed E-state index contributed by atoms with van der Waals surface area (Å²) in [7, 11) is 0. The van der Waals surface area contributed by atoms with Crippen molar-refractivity contribution in [3.8, 4) is 0 Å². The van der Waals surface area contributed by atoms with E-state index < -0.39 is 5.97 Å². The number of carbonyl (C=O) groups is 2. The number of carboxylic acid groups (broad SMARTS) is 1. The van der Waals surface area contributed by atoms with Gasteiger partial charge in [0.25, 0.3) is 0 Å². The van der Waals surface area contributed by atoms with Crippen molar-refractivity contribution in [2.45, 2.75) is 76.3 Å². The molecule has 3 aliphatic rings. The Morgan fingerprint density at radius 2 is 1.41 bits per heavy atom. The fourth-order valence-corrected chi connectivity index (χ4v) is 4.08. The molecule has 0 unspecified atom stereocenters. The summed E-state index contributed by atoms with van der Waals surface area (Å²) >= 11 is 0. The highest BCUT2D eigenvalue weighted by atomic mass is 16.4. The lowest BCUT2D eigenvalue weighted by molar-refractivity contribution is -0.142. The van der Waals surface area contributed by atoms with E-state index in [0.717, 1.165) is 12.8 Å². The molecule has 0 aromatic rings. The lowest BCUT2D eigenvalue weighted by atomic mass is 9.68. The lowest BCUT2D eigenvalue weighted by Gasteiger charge is -2.43. The Balaban J connectivity index is 1.44. The minimum Gasteiger partial charge on any atom is -0.481 e. The lowest BCUT2D eigenvalue weighted by Crippen LogP contribution is -2.54. The van der Waals surface area contributed by atoms with Crippen LogP contribution in [0, 0.1) is 17.8 Å². The van der Waals surface area contributed by atoms with E-state index in [1.165, 1.54) is 38.5 Å². The van der Waals surface area contributed by atoms with E-state index in [-0.39, 0.29) is 18.0 Å². The van der Waals surface area contributed by atoms with Gasteiger partial charge in [0, 0.05) is 12.1 Å². The molecule has 3 fully saturated rings. The van der Waals surface area contributed by atoms with Crippen LogP contribution in [0.2, 0.25) is 0 Å². The molecule has 0 bridgehead atoms. The van der Waals surface area contributed by atoms with Crippen LogP contribution in [0.1, 0.15) is 64.2 Å². The summed E-state index contributed by atoms with van der Waals surface area (Å²) < 4.78 is 0. The zero-order valence-electron chi connectivity index (χ0n) is 13.2. The number of hydrogen-bond donors (Lipinski definition) is 3. The van der Waals surface area contributed by atoms with Gasteiger partial charge in [-0.25, -0.2) is 4.79 Å². The molecular formula is C17H28N2O3. The van der Waals surface area contributed by atoms with Gasteiger partial charge >= 0.3 is 12.0 Å². The number of carboxylic acids is 1. The molecule has 3 N–H and O–H groups in total. The quantitative estimate of drug-likeness (QED) is 0.730. The Bertz CT molecular complexity index is 396. The molecule has 3 rings (SSSR count). The summed E-state index contributed by atoms with van der Waals surface area (Å²) in [6, 6.07) is 0.458. The van der Waals surface area contributed by atoms with Gasteiger partial charge in [-0.15, -0.1) is 0 Å². The van der Waals surface area contributed by atoms with Gasteiger partial charge in [0.05, 0.1) is 5.92 Å². The van der Waals surface area contributed by atoms with Crippen LogP contribution < -0.4 is 10.6 Å². The number of urea groups is 1. The Morgan fingerprint density at radius 3 is 1.82 bits per heavy atom. The Labute approximate surface area is 132 Å². The van der Waals surface area contributed by atoms with Crippen molar-refractivity contribution in [3.05, 3.63) is 0 Å². The first-order chi connectivity index (χ1) is 10.6. The first-order valence-corrected chi connectivity index (χ1v) is 8.93. The predicted molar refractivity (Wildman–Crippen MR) is 83.5 cm³/mol. The number of carbonyl (C=O) groups excluding carboxylic acids is 1. The molecule has 3 aliphatic carbocycles. The summed E-state index contributed by atoms with van der Waals surface area (Å²) in [6.07, 6.45) is 10.5. The van der Waals surface area contributed by atoms with E-state index in [9.17, 15) is 9.59 Å². The van der Waals surface area contributed by atoms with Crippen molar-refractivity contribution in [2.24, 2.45) is 17.8 Å². The van der Waals surface area contributed by atoms with Gasteiger partial charge in [-0.05, 0) is 63.2 Å². The highest BCUT2D eigenvalue weighted by molar-refractivity contribution is 5.75. The van der Waals surface area contributed by atoms with E-state index in [1.54, 1.807) is 0 Å². The molecule has 124 valence electrons.